The standard InChI is InChI=1S/C26H24N4O3S/c1-17-7-6-10-21(13-17)27-25(31)18(2)34-26-29-28-24(20-8-4-3-5-9-20)30(26)15-19-11-12-22-23(14-19)33-16-32-22/h3-14,18H,15-16H2,1-2H3,(H,27,31)/t18-/m0/s1. The molecule has 0 bridgehead atoms. The van der Waals surface area contributed by atoms with Crippen LogP contribution in [0.1, 0.15) is 18.1 Å². The molecule has 1 atom stereocenters. The molecular formula is C26H24N4O3S. The van der Waals surface area contributed by atoms with Crippen molar-refractivity contribution in [3.63, 3.8) is 0 Å². The fraction of sp³-hybridized carbons (Fsp3) is 0.192. The number of carbonyl (C=O) groups excluding carboxylic acids is 1. The molecule has 0 spiro atoms. The number of thioether (sulfide) groups is 1. The number of fused-ring (bicyclic) bond motifs is 1. The normalized spacial score (nSPS) is 13.0. The van der Waals surface area contributed by atoms with Crippen LogP contribution in [0.4, 0.5) is 5.69 Å². The minimum Gasteiger partial charge on any atom is -0.454 e. The van der Waals surface area contributed by atoms with Crippen molar-refractivity contribution in [3.05, 3.63) is 83.9 Å². The number of amides is 1. The number of anilines is 1. The summed E-state index contributed by atoms with van der Waals surface area (Å²) in [6, 6.07) is 23.6. The molecule has 0 aliphatic carbocycles. The van der Waals surface area contributed by atoms with Crippen LogP contribution in [-0.4, -0.2) is 32.7 Å². The highest BCUT2D eigenvalue weighted by Gasteiger charge is 2.22. The third-order valence-corrected chi connectivity index (χ3v) is 6.54. The number of nitrogens with zero attached hydrogens (tertiary/aromatic N) is 3. The van der Waals surface area contributed by atoms with Crippen molar-refractivity contribution in [1.82, 2.24) is 14.8 Å². The van der Waals surface area contributed by atoms with Gasteiger partial charge in [0.15, 0.2) is 22.5 Å². The average molecular weight is 473 g/mol. The van der Waals surface area contributed by atoms with Crippen LogP contribution in [0.25, 0.3) is 11.4 Å². The molecule has 0 saturated carbocycles. The topological polar surface area (TPSA) is 78.3 Å². The van der Waals surface area contributed by atoms with Crippen LogP contribution < -0.4 is 14.8 Å². The monoisotopic (exact) mass is 472 g/mol. The Labute approximate surface area is 202 Å². The van der Waals surface area contributed by atoms with E-state index in [1.54, 1.807) is 0 Å². The fourth-order valence-corrected chi connectivity index (χ4v) is 4.57. The minimum absolute atomic E-state index is 0.0884. The molecule has 0 fully saturated rings. The highest BCUT2D eigenvalue weighted by atomic mass is 32.2. The van der Waals surface area contributed by atoms with Gasteiger partial charge in [-0.1, -0.05) is 60.3 Å². The molecule has 7 nitrogen and oxygen atoms in total. The largest absolute Gasteiger partial charge is 0.454 e. The van der Waals surface area contributed by atoms with Crippen molar-refractivity contribution in [2.45, 2.75) is 30.8 Å². The van der Waals surface area contributed by atoms with Gasteiger partial charge in [0.25, 0.3) is 0 Å². The minimum atomic E-state index is -0.371. The molecule has 0 saturated heterocycles. The molecule has 1 aliphatic heterocycles. The average Bonchev–Trinajstić information content (AvgIpc) is 3.46. The predicted molar refractivity (Wildman–Crippen MR) is 132 cm³/mol. The Hall–Kier alpha value is -3.78. The van der Waals surface area contributed by atoms with Gasteiger partial charge in [0, 0.05) is 11.3 Å². The number of benzene rings is 3. The highest BCUT2D eigenvalue weighted by molar-refractivity contribution is 8.00. The van der Waals surface area contributed by atoms with Gasteiger partial charge in [0.05, 0.1) is 11.8 Å². The van der Waals surface area contributed by atoms with Gasteiger partial charge < -0.3 is 14.8 Å². The first kappa shape index (κ1) is 22.0. The molecule has 172 valence electrons. The molecular weight excluding hydrogens is 448 g/mol. The smallest absolute Gasteiger partial charge is 0.237 e. The third-order valence-electron chi connectivity index (χ3n) is 5.46. The van der Waals surface area contributed by atoms with Crippen LogP contribution in [0.15, 0.2) is 78.0 Å². The van der Waals surface area contributed by atoms with E-state index in [1.807, 2.05) is 91.2 Å². The first-order chi connectivity index (χ1) is 16.6. The molecule has 5 rings (SSSR count). The van der Waals surface area contributed by atoms with E-state index in [9.17, 15) is 4.79 Å². The molecule has 1 amide bonds. The maximum atomic E-state index is 12.9. The lowest BCUT2D eigenvalue weighted by Gasteiger charge is -2.14. The maximum Gasteiger partial charge on any atom is 0.237 e. The molecule has 2 heterocycles. The number of rotatable bonds is 7. The van der Waals surface area contributed by atoms with Gasteiger partial charge in [0.2, 0.25) is 12.7 Å². The van der Waals surface area contributed by atoms with Gasteiger partial charge in [0.1, 0.15) is 0 Å². The second-order valence-corrected chi connectivity index (χ2v) is 9.37. The Balaban J connectivity index is 1.41. The van der Waals surface area contributed by atoms with Gasteiger partial charge in [-0.15, -0.1) is 10.2 Å². The lowest BCUT2D eigenvalue weighted by atomic mass is 10.2. The Morgan fingerprint density at radius 1 is 1.03 bits per heavy atom. The summed E-state index contributed by atoms with van der Waals surface area (Å²) >= 11 is 1.38. The van der Waals surface area contributed by atoms with Crippen molar-refractivity contribution in [1.29, 1.82) is 0 Å². The molecule has 1 aromatic heterocycles. The van der Waals surface area contributed by atoms with Crippen molar-refractivity contribution in [2.75, 3.05) is 12.1 Å². The van der Waals surface area contributed by atoms with Crippen LogP contribution in [-0.2, 0) is 11.3 Å². The van der Waals surface area contributed by atoms with Gasteiger partial charge in [-0.05, 0) is 49.2 Å². The number of hydrogen-bond acceptors (Lipinski definition) is 6. The molecule has 0 radical (unpaired) electrons. The summed E-state index contributed by atoms with van der Waals surface area (Å²) in [7, 11) is 0. The lowest BCUT2D eigenvalue weighted by Crippen LogP contribution is -2.23. The Morgan fingerprint density at radius 3 is 2.68 bits per heavy atom. The SMILES string of the molecule is Cc1cccc(NC(=O)[C@H](C)Sc2nnc(-c3ccccc3)n2Cc2ccc3c(c2)OCO3)c1. The van der Waals surface area contributed by atoms with E-state index in [0.717, 1.165) is 39.7 Å². The molecule has 8 heteroatoms. The Kier molecular flexibility index (Phi) is 6.22. The number of nitrogens with one attached hydrogen (secondary N) is 1. The van der Waals surface area contributed by atoms with Crippen LogP contribution >= 0.6 is 11.8 Å². The number of aromatic nitrogens is 3. The molecule has 1 N–H and O–H groups in total. The van der Waals surface area contributed by atoms with E-state index in [-0.39, 0.29) is 18.0 Å². The number of carbonyl (C=O) groups is 1. The van der Waals surface area contributed by atoms with Crippen LogP contribution in [0.2, 0.25) is 0 Å². The fourth-order valence-electron chi connectivity index (χ4n) is 3.72. The summed E-state index contributed by atoms with van der Waals surface area (Å²) in [5, 5.41) is 12.2. The summed E-state index contributed by atoms with van der Waals surface area (Å²) in [5.74, 6) is 2.13. The van der Waals surface area contributed by atoms with Gasteiger partial charge in [-0.3, -0.25) is 9.36 Å². The molecule has 1 aliphatic rings. The Morgan fingerprint density at radius 2 is 1.85 bits per heavy atom. The number of hydrogen-bond donors (Lipinski definition) is 1. The highest BCUT2D eigenvalue weighted by Crippen LogP contribution is 2.34. The first-order valence-electron chi connectivity index (χ1n) is 11.0. The zero-order chi connectivity index (χ0) is 23.5. The summed E-state index contributed by atoms with van der Waals surface area (Å²) in [4.78, 5) is 12.9. The quantitative estimate of drug-likeness (QED) is 0.375. The number of aryl methyl sites for hydroxylation is 1. The maximum absolute atomic E-state index is 12.9. The van der Waals surface area contributed by atoms with E-state index in [1.165, 1.54) is 11.8 Å². The second-order valence-electron chi connectivity index (χ2n) is 8.06. The van der Waals surface area contributed by atoms with Crippen molar-refractivity contribution in [2.24, 2.45) is 0 Å². The van der Waals surface area contributed by atoms with Gasteiger partial charge in [-0.25, -0.2) is 0 Å². The Bertz CT molecular complexity index is 1320. The zero-order valence-electron chi connectivity index (χ0n) is 18.9. The van der Waals surface area contributed by atoms with Gasteiger partial charge >= 0.3 is 0 Å². The summed E-state index contributed by atoms with van der Waals surface area (Å²) < 4.78 is 13.0. The van der Waals surface area contributed by atoms with Crippen LogP contribution in [0.3, 0.4) is 0 Å². The van der Waals surface area contributed by atoms with E-state index in [4.69, 9.17) is 9.47 Å². The van der Waals surface area contributed by atoms with E-state index < -0.39 is 0 Å². The van der Waals surface area contributed by atoms with Crippen LogP contribution in [0.5, 0.6) is 11.5 Å². The molecule has 0 unspecified atom stereocenters. The van der Waals surface area contributed by atoms with Crippen molar-refractivity contribution < 1.29 is 14.3 Å². The van der Waals surface area contributed by atoms with Crippen LogP contribution in [0, 0.1) is 6.92 Å². The lowest BCUT2D eigenvalue weighted by molar-refractivity contribution is -0.115. The van der Waals surface area contributed by atoms with Gasteiger partial charge in [-0.2, -0.15) is 0 Å². The third kappa shape index (κ3) is 4.77. The first-order valence-corrected chi connectivity index (χ1v) is 11.9. The van der Waals surface area contributed by atoms with E-state index >= 15 is 0 Å². The predicted octanol–water partition coefficient (Wildman–Crippen LogP) is 5.15. The van der Waals surface area contributed by atoms with E-state index in [2.05, 4.69) is 15.5 Å². The number of ether oxygens (including phenoxy) is 2. The second kappa shape index (κ2) is 9.61. The molecule has 34 heavy (non-hydrogen) atoms. The molecule has 3 aromatic carbocycles. The molecule has 4 aromatic rings. The van der Waals surface area contributed by atoms with Crippen molar-refractivity contribution >= 4 is 23.4 Å². The summed E-state index contributed by atoms with van der Waals surface area (Å²) in [5.41, 5.74) is 3.86. The summed E-state index contributed by atoms with van der Waals surface area (Å²) in [6.45, 7) is 4.63. The van der Waals surface area contributed by atoms with E-state index in [0.29, 0.717) is 11.7 Å². The van der Waals surface area contributed by atoms with Crippen molar-refractivity contribution in [3.8, 4) is 22.9 Å². The zero-order valence-corrected chi connectivity index (χ0v) is 19.7. The summed E-state index contributed by atoms with van der Waals surface area (Å²) in [6.07, 6.45) is 0.